The van der Waals surface area contributed by atoms with Gasteiger partial charge >= 0.3 is 0 Å². The summed E-state index contributed by atoms with van der Waals surface area (Å²) < 4.78 is 0. The second kappa shape index (κ2) is 7.36. The Kier molecular flexibility index (Phi) is 4.90. The summed E-state index contributed by atoms with van der Waals surface area (Å²) in [5, 5.41) is 3.53. The molecule has 0 saturated heterocycles. The molecule has 2 atom stereocenters. The smallest absolute Gasteiger partial charge is 0.242 e. The van der Waals surface area contributed by atoms with Crippen molar-refractivity contribution in [3.05, 3.63) is 82.6 Å². The highest BCUT2D eigenvalue weighted by atomic mass is 16.2. The van der Waals surface area contributed by atoms with E-state index in [0.717, 1.165) is 28.0 Å². The SMILES string of the molecule is Cc1cccc([C@H]2CC(=O)N(N(C)C)C3=C2C(=O)C[C@@H](c2ccccc2)C3)c1. The van der Waals surface area contributed by atoms with Gasteiger partial charge in [-0.15, -0.1) is 0 Å². The number of aryl methyl sites for hydroxylation is 1. The largest absolute Gasteiger partial charge is 0.294 e. The molecule has 0 aromatic heterocycles. The van der Waals surface area contributed by atoms with Crippen LogP contribution in [0.15, 0.2) is 65.9 Å². The normalized spacial score (nSPS) is 22.6. The molecule has 1 aliphatic carbocycles. The predicted molar refractivity (Wildman–Crippen MR) is 110 cm³/mol. The van der Waals surface area contributed by atoms with Gasteiger partial charge in [0, 0.05) is 44.1 Å². The van der Waals surface area contributed by atoms with Gasteiger partial charge in [-0.2, -0.15) is 0 Å². The molecular weight excluding hydrogens is 348 g/mol. The van der Waals surface area contributed by atoms with Crippen molar-refractivity contribution in [3.8, 4) is 0 Å². The first-order chi connectivity index (χ1) is 13.5. The van der Waals surface area contributed by atoms with E-state index in [1.54, 1.807) is 5.01 Å². The average molecular weight is 374 g/mol. The molecule has 0 N–H and O–H groups in total. The van der Waals surface area contributed by atoms with Gasteiger partial charge in [0.15, 0.2) is 5.78 Å². The van der Waals surface area contributed by atoms with Crippen LogP contribution in [-0.4, -0.2) is 35.8 Å². The highest BCUT2D eigenvalue weighted by molar-refractivity contribution is 6.02. The fourth-order valence-electron chi connectivity index (χ4n) is 4.62. The van der Waals surface area contributed by atoms with E-state index in [2.05, 4.69) is 18.2 Å². The van der Waals surface area contributed by atoms with Gasteiger partial charge in [-0.25, -0.2) is 10.0 Å². The summed E-state index contributed by atoms with van der Waals surface area (Å²) in [6.07, 6.45) is 1.54. The predicted octanol–water partition coefficient (Wildman–Crippen LogP) is 4.19. The lowest BCUT2D eigenvalue weighted by Gasteiger charge is -2.42. The second-order valence-corrected chi connectivity index (χ2v) is 8.02. The molecule has 28 heavy (non-hydrogen) atoms. The van der Waals surface area contributed by atoms with Crippen LogP contribution in [0.3, 0.4) is 0 Å². The first kappa shape index (κ1) is 18.6. The van der Waals surface area contributed by atoms with E-state index < -0.39 is 0 Å². The van der Waals surface area contributed by atoms with Crippen LogP contribution in [0.25, 0.3) is 0 Å². The molecule has 0 fully saturated rings. The fraction of sp³-hybridized carbons (Fsp3) is 0.333. The van der Waals surface area contributed by atoms with Gasteiger partial charge in [0.2, 0.25) is 5.91 Å². The summed E-state index contributed by atoms with van der Waals surface area (Å²) in [6.45, 7) is 2.05. The maximum atomic E-state index is 13.3. The first-order valence-electron chi connectivity index (χ1n) is 9.83. The number of carbonyl (C=O) groups excluding carboxylic acids is 2. The van der Waals surface area contributed by atoms with Crippen LogP contribution in [0.1, 0.15) is 47.8 Å². The molecule has 2 aromatic rings. The minimum atomic E-state index is -0.150. The van der Waals surface area contributed by atoms with Crippen molar-refractivity contribution >= 4 is 11.7 Å². The Bertz CT molecular complexity index is 946. The Hall–Kier alpha value is -2.72. The number of hydrogen-bond acceptors (Lipinski definition) is 3. The Balaban J connectivity index is 1.82. The Morgan fingerprint density at radius 3 is 2.29 bits per heavy atom. The van der Waals surface area contributed by atoms with E-state index in [4.69, 9.17) is 0 Å². The van der Waals surface area contributed by atoms with Crippen molar-refractivity contribution in [1.82, 2.24) is 10.0 Å². The number of carbonyl (C=O) groups is 2. The molecule has 2 aromatic carbocycles. The fourth-order valence-corrected chi connectivity index (χ4v) is 4.62. The van der Waals surface area contributed by atoms with E-state index in [-0.39, 0.29) is 23.5 Å². The second-order valence-electron chi connectivity index (χ2n) is 8.02. The summed E-state index contributed by atoms with van der Waals surface area (Å²) in [5.41, 5.74) is 5.06. The van der Waals surface area contributed by atoms with Crippen LogP contribution in [0.2, 0.25) is 0 Å². The zero-order chi connectivity index (χ0) is 19.8. The molecule has 0 saturated carbocycles. The number of benzene rings is 2. The minimum absolute atomic E-state index is 0.0526. The summed E-state index contributed by atoms with van der Waals surface area (Å²) in [6, 6.07) is 18.4. The van der Waals surface area contributed by atoms with Crippen LogP contribution >= 0.6 is 0 Å². The number of hydrogen-bond donors (Lipinski definition) is 0. The molecule has 1 heterocycles. The van der Waals surface area contributed by atoms with Crippen molar-refractivity contribution < 1.29 is 9.59 Å². The molecule has 1 aliphatic heterocycles. The summed E-state index contributed by atoms with van der Waals surface area (Å²) in [7, 11) is 3.73. The van der Waals surface area contributed by atoms with Crippen molar-refractivity contribution in [1.29, 1.82) is 0 Å². The number of rotatable bonds is 3. The molecule has 0 spiro atoms. The molecule has 0 bridgehead atoms. The van der Waals surface area contributed by atoms with Crippen molar-refractivity contribution in [3.63, 3.8) is 0 Å². The van der Waals surface area contributed by atoms with Crippen LogP contribution < -0.4 is 0 Å². The number of nitrogens with zero attached hydrogens (tertiary/aromatic N) is 2. The standard InChI is InChI=1S/C24H26N2O2/c1-16-8-7-11-18(12-16)20-15-23(28)26(25(2)3)21-13-19(14-22(27)24(20)21)17-9-5-4-6-10-17/h4-12,19-20H,13-15H2,1-3H3/t19-,20+/m0/s1. The topological polar surface area (TPSA) is 40.6 Å². The Labute approximate surface area is 166 Å². The first-order valence-corrected chi connectivity index (χ1v) is 9.83. The third-order valence-electron chi connectivity index (χ3n) is 5.82. The van der Waals surface area contributed by atoms with Crippen molar-refractivity contribution in [2.45, 2.75) is 38.0 Å². The number of allylic oxidation sites excluding steroid dienone is 2. The number of hydrazine groups is 1. The highest BCUT2D eigenvalue weighted by Gasteiger charge is 2.42. The lowest BCUT2D eigenvalue weighted by Crippen LogP contribution is -2.47. The van der Waals surface area contributed by atoms with Crippen LogP contribution in [0.5, 0.6) is 0 Å². The molecule has 4 heteroatoms. The van der Waals surface area contributed by atoms with Crippen LogP contribution in [-0.2, 0) is 9.59 Å². The molecule has 0 radical (unpaired) electrons. The van der Waals surface area contributed by atoms with E-state index in [1.807, 2.05) is 62.4 Å². The monoisotopic (exact) mass is 374 g/mol. The van der Waals surface area contributed by atoms with E-state index >= 15 is 0 Å². The molecule has 1 amide bonds. The summed E-state index contributed by atoms with van der Waals surface area (Å²) >= 11 is 0. The molecule has 4 nitrogen and oxygen atoms in total. The number of Topliss-reactive ketones (excluding diaryl/α,β-unsaturated/α-hetero) is 1. The van der Waals surface area contributed by atoms with Gasteiger partial charge < -0.3 is 0 Å². The molecule has 0 unspecified atom stereocenters. The quantitative estimate of drug-likeness (QED) is 0.809. The maximum Gasteiger partial charge on any atom is 0.242 e. The summed E-state index contributed by atoms with van der Waals surface area (Å²) in [5.74, 6) is 0.180. The van der Waals surface area contributed by atoms with Crippen molar-refractivity contribution in [2.24, 2.45) is 0 Å². The third kappa shape index (κ3) is 3.29. The number of amides is 1. The van der Waals surface area contributed by atoms with Gasteiger partial charge in [0.25, 0.3) is 0 Å². The van der Waals surface area contributed by atoms with E-state index in [0.29, 0.717) is 19.3 Å². The van der Waals surface area contributed by atoms with Crippen LogP contribution in [0, 0.1) is 6.92 Å². The lowest BCUT2D eigenvalue weighted by atomic mass is 9.73. The highest BCUT2D eigenvalue weighted by Crippen LogP contribution is 2.45. The van der Waals surface area contributed by atoms with Crippen LogP contribution in [0.4, 0.5) is 0 Å². The Morgan fingerprint density at radius 2 is 1.61 bits per heavy atom. The Morgan fingerprint density at radius 1 is 0.893 bits per heavy atom. The summed E-state index contributed by atoms with van der Waals surface area (Å²) in [4.78, 5) is 26.4. The lowest BCUT2D eigenvalue weighted by molar-refractivity contribution is -0.143. The third-order valence-corrected chi connectivity index (χ3v) is 5.82. The van der Waals surface area contributed by atoms with Gasteiger partial charge in [-0.05, 0) is 30.4 Å². The number of ketones is 1. The minimum Gasteiger partial charge on any atom is -0.294 e. The van der Waals surface area contributed by atoms with E-state index in [9.17, 15) is 9.59 Å². The van der Waals surface area contributed by atoms with Crippen molar-refractivity contribution in [2.75, 3.05) is 14.1 Å². The maximum absolute atomic E-state index is 13.3. The van der Waals surface area contributed by atoms with Gasteiger partial charge in [0.05, 0.1) is 0 Å². The molecule has 2 aliphatic rings. The van der Waals surface area contributed by atoms with Gasteiger partial charge in [-0.3, -0.25) is 9.59 Å². The molecule has 144 valence electrons. The molecule has 4 rings (SSSR count). The zero-order valence-corrected chi connectivity index (χ0v) is 16.7. The molecular formula is C24H26N2O2. The zero-order valence-electron chi connectivity index (χ0n) is 16.7. The van der Waals surface area contributed by atoms with Gasteiger partial charge in [0.1, 0.15) is 0 Å². The van der Waals surface area contributed by atoms with E-state index in [1.165, 1.54) is 0 Å². The average Bonchev–Trinajstić information content (AvgIpc) is 2.67. The van der Waals surface area contributed by atoms with Gasteiger partial charge in [-0.1, -0.05) is 60.2 Å².